The molecule has 1 aromatic rings. The zero-order valence-corrected chi connectivity index (χ0v) is 12.8. The first-order chi connectivity index (χ1) is 8.19. The van der Waals surface area contributed by atoms with Crippen LogP contribution in [0.25, 0.3) is 0 Å². The summed E-state index contributed by atoms with van der Waals surface area (Å²) in [5.74, 6) is 0.0558. The maximum Gasteiger partial charge on any atom is 0.176 e. The number of Topliss-reactive ketones (excluding diaryl/α,β-unsaturated/α-hetero) is 1. The molecule has 0 spiro atoms. The summed E-state index contributed by atoms with van der Waals surface area (Å²) in [5.41, 5.74) is 0.775. The van der Waals surface area contributed by atoms with Crippen LogP contribution in [0.2, 0.25) is 10.0 Å². The number of nitrogens with zero attached hydrogens (tertiary/aromatic N) is 1. The van der Waals surface area contributed by atoms with Crippen molar-refractivity contribution in [1.29, 1.82) is 0 Å². The van der Waals surface area contributed by atoms with Crippen LogP contribution in [0.1, 0.15) is 31.1 Å². The smallest absolute Gasteiger partial charge is 0.176 e. The molecule has 100 valence electrons. The van der Waals surface area contributed by atoms with Crippen molar-refractivity contribution in [3.8, 4) is 0 Å². The van der Waals surface area contributed by atoms with Crippen LogP contribution < -0.4 is 0 Å². The van der Waals surface area contributed by atoms with Crippen LogP contribution in [0.3, 0.4) is 0 Å². The largest absolute Gasteiger partial charge is 0.298 e. The first-order valence-electron chi connectivity index (χ1n) is 5.86. The second-order valence-corrected chi connectivity index (χ2v) is 6.60. The fourth-order valence-electron chi connectivity index (χ4n) is 1.87. The zero-order chi connectivity index (χ0) is 13.9. The van der Waals surface area contributed by atoms with Gasteiger partial charge in [-0.1, -0.05) is 44.0 Å². The third kappa shape index (κ3) is 4.97. The zero-order valence-electron chi connectivity index (χ0n) is 11.3. The van der Waals surface area contributed by atoms with E-state index in [0.717, 1.165) is 6.54 Å². The lowest BCUT2D eigenvalue weighted by Crippen LogP contribution is -2.33. The van der Waals surface area contributed by atoms with Crippen molar-refractivity contribution in [3.05, 3.63) is 33.8 Å². The minimum Gasteiger partial charge on any atom is -0.298 e. The number of rotatable bonds is 4. The highest BCUT2D eigenvalue weighted by Crippen LogP contribution is 2.23. The number of carbonyl (C=O) groups excluding carboxylic acids is 1. The monoisotopic (exact) mass is 287 g/mol. The Hall–Kier alpha value is -0.570. The molecule has 0 aliphatic rings. The van der Waals surface area contributed by atoms with Gasteiger partial charge in [0.25, 0.3) is 0 Å². The second kappa shape index (κ2) is 6.05. The Balaban J connectivity index is 2.68. The van der Waals surface area contributed by atoms with Gasteiger partial charge in [-0.15, -0.1) is 0 Å². The van der Waals surface area contributed by atoms with E-state index in [-0.39, 0.29) is 11.2 Å². The van der Waals surface area contributed by atoms with Gasteiger partial charge in [0.05, 0.1) is 16.6 Å². The second-order valence-electron chi connectivity index (χ2n) is 5.79. The number of carbonyl (C=O) groups is 1. The number of hydrogen-bond donors (Lipinski definition) is 0. The van der Waals surface area contributed by atoms with E-state index >= 15 is 0 Å². The molecule has 2 nitrogen and oxygen atoms in total. The lowest BCUT2D eigenvalue weighted by molar-refractivity contribution is 0.0927. The van der Waals surface area contributed by atoms with Crippen molar-refractivity contribution in [2.24, 2.45) is 5.41 Å². The van der Waals surface area contributed by atoms with Crippen molar-refractivity contribution in [1.82, 2.24) is 4.90 Å². The third-order valence-corrected chi connectivity index (χ3v) is 3.14. The number of halogens is 2. The Morgan fingerprint density at radius 3 is 2.33 bits per heavy atom. The molecule has 18 heavy (non-hydrogen) atoms. The summed E-state index contributed by atoms with van der Waals surface area (Å²) in [6.45, 7) is 7.68. The van der Waals surface area contributed by atoms with Gasteiger partial charge < -0.3 is 0 Å². The van der Waals surface area contributed by atoms with Gasteiger partial charge >= 0.3 is 0 Å². The van der Waals surface area contributed by atoms with E-state index in [4.69, 9.17) is 23.2 Å². The molecule has 1 rings (SSSR count). The molecular formula is C14H19Cl2NO. The van der Waals surface area contributed by atoms with Gasteiger partial charge in [0.1, 0.15) is 0 Å². The normalized spacial score (nSPS) is 11.9. The number of hydrogen-bond acceptors (Lipinski definition) is 2. The Labute approximate surface area is 119 Å². The quantitative estimate of drug-likeness (QED) is 0.776. The summed E-state index contributed by atoms with van der Waals surface area (Å²) in [7, 11) is 1.95. The third-order valence-electron chi connectivity index (χ3n) is 2.40. The Kier molecular flexibility index (Phi) is 5.20. The van der Waals surface area contributed by atoms with E-state index in [1.165, 1.54) is 0 Å². The highest BCUT2D eigenvalue weighted by atomic mass is 35.5. The molecule has 0 aromatic heterocycles. The molecule has 0 saturated carbocycles. The van der Waals surface area contributed by atoms with Crippen LogP contribution in [-0.4, -0.2) is 30.8 Å². The molecule has 0 atom stereocenters. The minimum atomic E-state index is 0.0558. The average Bonchev–Trinajstić information content (AvgIpc) is 2.18. The lowest BCUT2D eigenvalue weighted by Gasteiger charge is -2.25. The van der Waals surface area contributed by atoms with Crippen LogP contribution in [0.5, 0.6) is 0 Å². The molecule has 0 N–H and O–H groups in total. The molecule has 0 radical (unpaired) electrons. The maximum atomic E-state index is 12.1. The van der Waals surface area contributed by atoms with Gasteiger partial charge in [-0.05, 0) is 30.7 Å². The average molecular weight is 288 g/mol. The van der Waals surface area contributed by atoms with Crippen LogP contribution in [0.4, 0.5) is 0 Å². The molecular weight excluding hydrogens is 269 g/mol. The summed E-state index contributed by atoms with van der Waals surface area (Å²) in [6.07, 6.45) is 0. The van der Waals surface area contributed by atoms with Crippen LogP contribution in [0.15, 0.2) is 18.2 Å². The van der Waals surface area contributed by atoms with E-state index in [2.05, 4.69) is 20.8 Å². The number of likely N-dealkylation sites (N-methyl/N-ethyl adjacent to an activating group) is 1. The van der Waals surface area contributed by atoms with E-state index in [1.54, 1.807) is 18.2 Å². The van der Waals surface area contributed by atoms with Crippen molar-refractivity contribution >= 4 is 29.0 Å². The summed E-state index contributed by atoms with van der Waals surface area (Å²) in [5, 5.41) is 0.886. The molecule has 0 fully saturated rings. The summed E-state index contributed by atoms with van der Waals surface area (Å²) >= 11 is 11.7. The van der Waals surface area contributed by atoms with Gasteiger partial charge in [-0.25, -0.2) is 0 Å². The lowest BCUT2D eigenvalue weighted by atomic mass is 9.96. The van der Waals surface area contributed by atoms with E-state index in [1.807, 2.05) is 11.9 Å². The molecule has 0 aliphatic heterocycles. The Morgan fingerprint density at radius 1 is 1.22 bits per heavy atom. The van der Waals surface area contributed by atoms with Gasteiger partial charge in [0.2, 0.25) is 0 Å². The van der Waals surface area contributed by atoms with Crippen LogP contribution in [-0.2, 0) is 0 Å². The number of ketones is 1. The minimum absolute atomic E-state index is 0.0558. The number of benzene rings is 1. The fraction of sp³-hybridized carbons (Fsp3) is 0.500. The SMILES string of the molecule is CN(CC(=O)c1ccc(Cl)c(Cl)c1)CC(C)(C)C. The highest BCUT2D eigenvalue weighted by molar-refractivity contribution is 6.42. The first-order valence-corrected chi connectivity index (χ1v) is 6.61. The fourth-order valence-corrected chi connectivity index (χ4v) is 2.17. The Bertz CT molecular complexity index is 438. The van der Waals surface area contributed by atoms with Crippen molar-refractivity contribution in [2.75, 3.05) is 20.1 Å². The van der Waals surface area contributed by atoms with Crippen molar-refractivity contribution < 1.29 is 4.79 Å². The summed E-state index contributed by atoms with van der Waals surface area (Å²) in [4.78, 5) is 14.1. The summed E-state index contributed by atoms with van der Waals surface area (Å²) < 4.78 is 0. The van der Waals surface area contributed by atoms with Gasteiger partial charge in [-0.3, -0.25) is 9.69 Å². The molecule has 0 saturated heterocycles. The molecule has 0 aliphatic carbocycles. The van der Waals surface area contributed by atoms with Crippen molar-refractivity contribution in [2.45, 2.75) is 20.8 Å². The summed E-state index contributed by atoms with van der Waals surface area (Å²) in [6, 6.07) is 4.99. The predicted octanol–water partition coefficient (Wildman–Crippen LogP) is 4.15. The maximum absolute atomic E-state index is 12.1. The van der Waals surface area contributed by atoms with Gasteiger partial charge in [0.15, 0.2) is 5.78 Å². The van der Waals surface area contributed by atoms with Gasteiger partial charge in [-0.2, -0.15) is 0 Å². The molecule has 0 heterocycles. The Morgan fingerprint density at radius 2 is 1.83 bits per heavy atom. The van der Waals surface area contributed by atoms with Crippen molar-refractivity contribution in [3.63, 3.8) is 0 Å². The van der Waals surface area contributed by atoms with Crippen LogP contribution in [0, 0.1) is 5.41 Å². The molecule has 4 heteroatoms. The van der Waals surface area contributed by atoms with Crippen LogP contribution >= 0.6 is 23.2 Å². The topological polar surface area (TPSA) is 20.3 Å². The van der Waals surface area contributed by atoms with E-state index in [9.17, 15) is 4.79 Å². The standard InChI is InChI=1S/C14H19Cl2NO/c1-14(2,3)9-17(4)8-13(18)10-5-6-11(15)12(16)7-10/h5-7H,8-9H2,1-4H3. The molecule has 0 bridgehead atoms. The highest BCUT2D eigenvalue weighted by Gasteiger charge is 2.16. The predicted molar refractivity (Wildman–Crippen MR) is 77.7 cm³/mol. The van der Waals surface area contributed by atoms with E-state index < -0.39 is 0 Å². The van der Waals surface area contributed by atoms with E-state index in [0.29, 0.717) is 22.2 Å². The first kappa shape index (κ1) is 15.5. The molecule has 1 aromatic carbocycles. The molecule has 0 unspecified atom stereocenters. The molecule has 0 amide bonds. The van der Waals surface area contributed by atoms with Gasteiger partial charge in [0, 0.05) is 12.1 Å².